The molecule has 8 heteroatoms. The lowest BCUT2D eigenvalue weighted by Crippen LogP contribution is -2.41. The van der Waals surface area contributed by atoms with Gasteiger partial charge >= 0.3 is 0 Å². The van der Waals surface area contributed by atoms with Gasteiger partial charge in [-0.25, -0.2) is 4.98 Å². The zero-order valence-electron chi connectivity index (χ0n) is 17.0. The Labute approximate surface area is 183 Å². The van der Waals surface area contributed by atoms with Gasteiger partial charge in [-0.1, -0.05) is 36.4 Å². The molecule has 2 aromatic heterocycles. The molecule has 2 amide bonds. The number of hydrogen-bond acceptors (Lipinski definition) is 6. The molecule has 0 spiro atoms. The van der Waals surface area contributed by atoms with E-state index in [0.717, 1.165) is 11.3 Å². The Kier molecular flexibility index (Phi) is 5.81. The fourth-order valence-corrected chi connectivity index (χ4v) is 3.89. The van der Waals surface area contributed by atoms with Crippen LogP contribution in [0.15, 0.2) is 77.4 Å². The van der Waals surface area contributed by atoms with Gasteiger partial charge in [-0.3, -0.25) is 20.4 Å². The van der Waals surface area contributed by atoms with Gasteiger partial charge < -0.3 is 9.32 Å². The number of thiazole rings is 1. The van der Waals surface area contributed by atoms with Crippen molar-refractivity contribution >= 4 is 28.8 Å². The highest BCUT2D eigenvalue weighted by Crippen LogP contribution is 2.34. The van der Waals surface area contributed by atoms with Crippen molar-refractivity contribution in [3.63, 3.8) is 0 Å². The number of benzene rings is 2. The normalized spacial score (nSPS) is 10.5. The number of carbonyl (C=O) groups excluding carboxylic acids is 2. The maximum absolute atomic E-state index is 12.9. The molecule has 4 rings (SSSR count). The molecule has 0 bridgehead atoms. The molecule has 0 saturated carbocycles. The van der Waals surface area contributed by atoms with Crippen molar-refractivity contribution in [2.24, 2.45) is 0 Å². The molecule has 31 heavy (non-hydrogen) atoms. The summed E-state index contributed by atoms with van der Waals surface area (Å²) < 4.78 is 5.43. The van der Waals surface area contributed by atoms with Crippen LogP contribution in [-0.2, 0) is 0 Å². The van der Waals surface area contributed by atoms with Crippen LogP contribution in [-0.4, -0.2) is 30.9 Å². The minimum absolute atomic E-state index is 0.375. The number of nitrogens with zero attached hydrogens (tertiary/aromatic N) is 2. The van der Waals surface area contributed by atoms with Gasteiger partial charge in [0.25, 0.3) is 11.8 Å². The number of aromatic nitrogens is 1. The second kappa shape index (κ2) is 8.85. The highest BCUT2D eigenvalue weighted by atomic mass is 32.1. The molecule has 2 N–H and O–H groups in total. The third-order valence-corrected chi connectivity index (χ3v) is 5.60. The Balaban J connectivity index is 1.57. The fourth-order valence-electron chi connectivity index (χ4n) is 2.94. The summed E-state index contributed by atoms with van der Waals surface area (Å²) >= 11 is 1.20. The molecule has 7 nitrogen and oxygen atoms in total. The molecule has 2 aromatic carbocycles. The maximum Gasteiger partial charge on any atom is 0.282 e. The Hall–Kier alpha value is -3.91. The molecule has 156 valence electrons. The smallest absolute Gasteiger partial charge is 0.282 e. The quantitative estimate of drug-likeness (QED) is 0.461. The largest absolute Gasteiger partial charge is 0.462 e. The number of hydrazine groups is 1. The number of rotatable bonds is 5. The Morgan fingerprint density at radius 3 is 2.42 bits per heavy atom. The van der Waals surface area contributed by atoms with Gasteiger partial charge in [-0.05, 0) is 30.3 Å². The lowest BCUT2D eigenvalue weighted by atomic mass is 10.1. The molecule has 0 fully saturated rings. The molecule has 4 aromatic rings. The molecular weight excluding hydrogens is 412 g/mol. The van der Waals surface area contributed by atoms with Crippen molar-refractivity contribution in [3.8, 4) is 22.0 Å². The Bertz CT molecular complexity index is 1200. The summed E-state index contributed by atoms with van der Waals surface area (Å²) in [4.78, 5) is 32.3. The van der Waals surface area contributed by atoms with Crippen LogP contribution in [0.25, 0.3) is 22.0 Å². The van der Waals surface area contributed by atoms with E-state index >= 15 is 0 Å². The van der Waals surface area contributed by atoms with Gasteiger partial charge in [0.15, 0.2) is 10.8 Å². The predicted molar refractivity (Wildman–Crippen MR) is 121 cm³/mol. The maximum atomic E-state index is 12.9. The van der Waals surface area contributed by atoms with Crippen LogP contribution in [0, 0.1) is 0 Å². The number of carbonyl (C=O) groups is 2. The first-order valence-electron chi connectivity index (χ1n) is 9.51. The minimum atomic E-state index is -0.453. The van der Waals surface area contributed by atoms with Crippen molar-refractivity contribution in [1.29, 1.82) is 0 Å². The Morgan fingerprint density at radius 2 is 1.71 bits per heavy atom. The SMILES string of the molecule is CN(C)c1cccc(C(=O)NNC(=O)c2sc(-c3ccco3)nc2-c2ccccc2)c1. The van der Waals surface area contributed by atoms with Crippen molar-refractivity contribution in [1.82, 2.24) is 15.8 Å². The van der Waals surface area contributed by atoms with Crippen LogP contribution in [0.5, 0.6) is 0 Å². The van der Waals surface area contributed by atoms with Crippen LogP contribution in [0.4, 0.5) is 5.69 Å². The van der Waals surface area contributed by atoms with Gasteiger partial charge in [-0.2, -0.15) is 0 Å². The lowest BCUT2D eigenvalue weighted by Gasteiger charge is -2.13. The highest BCUT2D eigenvalue weighted by Gasteiger charge is 2.22. The van der Waals surface area contributed by atoms with Crippen LogP contribution in [0.3, 0.4) is 0 Å². The zero-order chi connectivity index (χ0) is 21.8. The first-order valence-corrected chi connectivity index (χ1v) is 10.3. The molecule has 0 atom stereocenters. The van der Waals surface area contributed by atoms with Gasteiger partial charge in [0.1, 0.15) is 4.88 Å². The number of nitrogens with one attached hydrogen (secondary N) is 2. The van der Waals surface area contributed by atoms with E-state index in [0.29, 0.717) is 26.9 Å². The summed E-state index contributed by atoms with van der Waals surface area (Å²) in [6.45, 7) is 0. The third-order valence-electron chi connectivity index (χ3n) is 4.53. The van der Waals surface area contributed by atoms with Crippen molar-refractivity contribution < 1.29 is 14.0 Å². The summed E-state index contributed by atoms with van der Waals surface area (Å²) in [7, 11) is 3.79. The van der Waals surface area contributed by atoms with Crippen molar-refractivity contribution in [3.05, 3.63) is 83.4 Å². The van der Waals surface area contributed by atoms with E-state index in [1.807, 2.05) is 55.4 Å². The van der Waals surface area contributed by atoms with Crippen molar-refractivity contribution in [2.45, 2.75) is 0 Å². The zero-order valence-corrected chi connectivity index (χ0v) is 17.8. The van der Waals surface area contributed by atoms with E-state index in [1.54, 1.807) is 36.6 Å². The van der Waals surface area contributed by atoms with Crippen molar-refractivity contribution in [2.75, 3.05) is 19.0 Å². The summed E-state index contributed by atoms with van der Waals surface area (Å²) in [5.74, 6) is -0.286. The molecule has 0 aliphatic rings. The first kappa shape index (κ1) is 20.4. The first-order chi connectivity index (χ1) is 15.0. The molecule has 0 aliphatic carbocycles. The van der Waals surface area contributed by atoms with E-state index in [4.69, 9.17) is 4.42 Å². The van der Waals surface area contributed by atoms with E-state index in [2.05, 4.69) is 15.8 Å². The molecule has 0 saturated heterocycles. The lowest BCUT2D eigenvalue weighted by molar-refractivity contribution is 0.0849. The monoisotopic (exact) mass is 432 g/mol. The van der Waals surface area contributed by atoms with E-state index in [1.165, 1.54) is 11.3 Å². The second-order valence-electron chi connectivity index (χ2n) is 6.89. The summed E-state index contributed by atoms with van der Waals surface area (Å²) in [5, 5.41) is 0.582. The van der Waals surface area contributed by atoms with Gasteiger partial charge in [0.2, 0.25) is 0 Å². The molecular formula is C23H20N4O3S. The Morgan fingerprint density at radius 1 is 0.935 bits per heavy atom. The average Bonchev–Trinajstić information content (AvgIpc) is 3.48. The number of anilines is 1. The standard InChI is InChI=1S/C23H20N4O3S/c1-27(2)17-11-6-10-16(14-17)21(28)25-26-22(29)20-19(15-8-4-3-5-9-15)24-23(31-20)18-12-7-13-30-18/h3-14H,1-2H3,(H,25,28)(H,26,29). The minimum Gasteiger partial charge on any atom is -0.462 e. The second-order valence-corrected chi connectivity index (χ2v) is 7.89. The topological polar surface area (TPSA) is 87.5 Å². The highest BCUT2D eigenvalue weighted by molar-refractivity contribution is 7.17. The molecule has 0 unspecified atom stereocenters. The third kappa shape index (κ3) is 4.49. The van der Waals surface area contributed by atoms with Gasteiger partial charge in [0.05, 0.1) is 12.0 Å². The van der Waals surface area contributed by atoms with Crippen LogP contribution in [0.1, 0.15) is 20.0 Å². The number of furan rings is 1. The molecule has 2 heterocycles. The van der Waals surface area contributed by atoms with Gasteiger partial charge in [0, 0.05) is 30.9 Å². The summed E-state index contributed by atoms with van der Waals surface area (Å²) in [6.07, 6.45) is 1.56. The van der Waals surface area contributed by atoms with Gasteiger partial charge in [-0.15, -0.1) is 11.3 Å². The fraction of sp³-hybridized carbons (Fsp3) is 0.0870. The van der Waals surface area contributed by atoms with Crippen LogP contribution < -0.4 is 15.8 Å². The average molecular weight is 433 g/mol. The summed E-state index contributed by atoms with van der Waals surface area (Å²) in [6, 6.07) is 20.1. The van der Waals surface area contributed by atoms with Crippen LogP contribution >= 0.6 is 11.3 Å². The predicted octanol–water partition coefficient (Wildman–Crippen LogP) is 4.21. The van der Waals surface area contributed by atoms with Crippen LogP contribution in [0.2, 0.25) is 0 Å². The van der Waals surface area contributed by atoms with E-state index in [9.17, 15) is 9.59 Å². The van der Waals surface area contributed by atoms with E-state index < -0.39 is 11.8 Å². The molecule has 0 aliphatic heterocycles. The number of amides is 2. The van der Waals surface area contributed by atoms with E-state index in [-0.39, 0.29) is 0 Å². The number of hydrogen-bond donors (Lipinski definition) is 2. The molecule has 0 radical (unpaired) electrons. The summed E-state index contributed by atoms with van der Waals surface area (Å²) in [5.41, 5.74) is 7.64.